The molecule has 2 rings (SSSR count). The minimum Gasteiger partial charge on any atom is -0.481 e. The Kier molecular flexibility index (Phi) is 6.37. The third-order valence-corrected chi connectivity index (χ3v) is 4.11. The van der Waals surface area contributed by atoms with Crippen LogP contribution < -0.4 is 10.1 Å². The van der Waals surface area contributed by atoms with E-state index in [9.17, 15) is 14.4 Å². The van der Waals surface area contributed by atoms with Crippen LogP contribution in [0.5, 0.6) is 11.5 Å². The number of amides is 1. The molecule has 0 unspecified atom stereocenters. The molecule has 0 aliphatic rings. The number of rotatable bonds is 7. The lowest BCUT2D eigenvalue weighted by molar-refractivity contribution is -0.138. The van der Waals surface area contributed by atoms with E-state index in [4.69, 9.17) is 21.4 Å². The average molecular weight is 384 g/mol. The number of ether oxygens (including phenoxy) is 2. The minimum atomic E-state index is -1.07. The maximum atomic E-state index is 11.9. The van der Waals surface area contributed by atoms with E-state index in [0.717, 1.165) is 11.3 Å². The predicted molar refractivity (Wildman–Crippen MR) is 92.7 cm³/mol. The van der Waals surface area contributed by atoms with Crippen LogP contribution in [-0.4, -0.2) is 30.1 Å². The second kappa shape index (κ2) is 8.50. The lowest BCUT2D eigenvalue weighted by atomic mass is 10.2. The summed E-state index contributed by atoms with van der Waals surface area (Å²) < 4.78 is 10.4. The van der Waals surface area contributed by atoms with Crippen molar-refractivity contribution in [1.82, 2.24) is 0 Å². The molecule has 1 amide bonds. The predicted octanol–water partition coefficient (Wildman–Crippen LogP) is 3.78. The van der Waals surface area contributed by atoms with Gasteiger partial charge in [-0.05, 0) is 29.6 Å². The third-order valence-electron chi connectivity index (χ3n) is 3.00. The first-order chi connectivity index (χ1) is 11.9. The quantitative estimate of drug-likeness (QED) is 0.705. The van der Waals surface area contributed by atoms with Crippen molar-refractivity contribution in [2.75, 3.05) is 12.4 Å². The maximum absolute atomic E-state index is 11.9. The summed E-state index contributed by atoms with van der Waals surface area (Å²) in [6, 6.07) is 6.17. The average Bonchev–Trinajstić information content (AvgIpc) is 3.03. The van der Waals surface area contributed by atoms with Crippen LogP contribution >= 0.6 is 22.9 Å². The maximum Gasteiger partial charge on any atom is 0.351 e. The van der Waals surface area contributed by atoms with Crippen LogP contribution in [0.4, 0.5) is 5.69 Å². The molecule has 0 saturated heterocycles. The van der Waals surface area contributed by atoms with E-state index >= 15 is 0 Å². The van der Waals surface area contributed by atoms with Crippen LogP contribution in [0, 0.1) is 0 Å². The highest BCUT2D eigenvalue weighted by Gasteiger charge is 2.18. The molecule has 0 atom stereocenters. The summed E-state index contributed by atoms with van der Waals surface area (Å²) >= 11 is 7.10. The number of anilines is 1. The van der Waals surface area contributed by atoms with E-state index < -0.39 is 17.8 Å². The smallest absolute Gasteiger partial charge is 0.351 e. The molecular weight excluding hydrogens is 370 g/mol. The molecule has 9 heteroatoms. The molecule has 0 spiro atoms. The van der Waals surface area contributed by atoms with Gasteiger partial charge >= 0.3 is 11.9 Å². The topological polar surface area (TPSA) is 102 Å². The summed E-state index contributed by atoms with van der Waals surface area (Å²) in [6.45, 7) is 0. The van der Waals surface area contributed by atoms with E-state index in [0.29, 0.717) is 5.02 Å². The van der Waals surface area contributed by atoms with Gasteiger partial charge in [0.15, 0.2) is 16.4 Å². The highest BCUT2D eigenvalue weighted by Crippen LogP contribution is 2.35. The van der Waals surface area contributed by atoms with E-state index in [1.807, 2.05) is 0 Å². The fourth-order valence-electron chi connectivity index (χ4n) is 1.86. The van der Waals surface area contributed by atoms with Crippen LogP contribution in [0.3, 0.4) is 0 Å². The zero-order valence-electron chi connectivity index (χ0n) is 13.1. The van der Waals surface area contributed by atoms with Gasteiger partial charge in [0, 0.05) is 11.4 Å². The monoisotopic (exact) mass is 383 g/mol. The number of carboxylic acids is 1. The molecule has 2 N–H and O–H groups in total. The van der Waals surface area contributed by atoms with E-state index in [2.05, 4.69) is 10.1 Å². The first-order valence-corrected chi connectivity index (χ1v) is 8.31. The van der Waals surface area contributed by atoms with Crippen LogP contribution in [0.25, 0.3) is 0 Å². The number of carboxylic acid groups (broad SMARTS) is 1. The molecule has 0 bridgehead atoms. The van der Waals surface area contributed by atoms with Crippen molar-refractivity contribution < 1.29 is 29.0 Å². The minimum absolute atomic E-state index is 0.187. The highest BCUT2D eigenvalue weighted by atomic mass is 35.5. The molecule has 1 aromatic heterocycles. The molecule has 7 nitrogen and oxygen atoms in total. The fourth-order valence-corrected chi connectivity index (χ4v) is 2.77. The van der Waals surface area contributed by atoms with Crippen molar-refractivity contribution in [3.63, 3.8) is 0 Å². The lowest BCUT2D eigenvalue weighted by Crippen LogP contribution is -2.13. The molecule has 0 saturated carbocycles. The zero-order valence-corrected chi connectivity index (χ0v) is 14.6. The largest absolute Gasteiger partial charge is 0.481 e. The number of carbonyl (C=O) groups excluding carboxylic acids is 2. The summed E-state index contributed by atoms with van der Waals surface area (Å²) in [5.74, 6) is -1.56. The number of benzene rings is 1. The Balaban J connectivity index is 2.21. The Morgan fingerprint density at radius 2 is 1.96 bits per heavy atom. The summed E-state index contributed by atoms with van der Waals surface area (Å²) in [5, 5.41) is 13.2. The fraction of sp³-hybridized carbons (Fsp3) is 0.188. The summed E-state index contributed by atoms with van der Waals surface area (Å²) in [5.41, 5.74) is 0.268. The second-order valence-corrected chi connectivity index (χ2v) is 6.14. The normalized spacial score (nSPS) is 10.2. The van der Waals surface area contributed by atoms with Crippen LogP contribution in [0.2, 0.25) is 5.02 Å². The van der Waals surface area contributed by atoms with Gasteiger partial charge in [-0.25, -0.2) is 4.79 Å². The van der Waals surface area contributed by atoms with Crippen LogP contribution in [0.1, 0.15) is 22.5 Å². The van der Waals surface area contributed by atoms with Crippen molar-refractivity contribution >= 4 is 46.5 Å². The van der Waals surface area contributed by atoms with E-state index in [1.165, 1.54) is 19.2 Å². The lowest BCUT2D eigenvalue weighted by Gasteiger charge is -2.12. The number of hydrogen-bond donors (Lipinski definition) is 2. The van der Waals surface area contributed by atoms with Gasteiger partial charge in [-0.1, -0.05) is 11.6 Å². The molecule has 1 aromatic carbocycles. The number of hydrogen-bond acceptors (Lipinski definition) is 6. The van der Waals surface area contributed by atoms with E-state index in [-0.39, 0.29) is 34.9 Å². The summed E-state index contributed by atoms with van der Waals surface area (Å²) in [7, 11) is 1.27. The van der Waals surface area contributed by atoms with Crippen molar-refractivity contribution in [2.45, 2.75) is 12.8 Å². The number of methoxy groups -OCH3 is 1. The molecule has 0 fully saturated rings. The van der Waals surface area contributed by atoms with Gasteiger partial charge in [-0.15, -0.1) is 11.3 Å². The van der Waals surface area contributed by atoms with Gasteiger partial charge in [-0.2, -0.15) is 0 Å². The molecule has 132 valence electrons. The highest BCUT2D eigenvalue weighted by molar-refractivity contribution is 7.12. The Bertz CT molecular complexity index is 804. The van der Waals surface area contributed by atoms with Crippen molar-refractivity contribution in [1.29, 1.82) is 0 Å². The first kappa shape index (κ1) is 18.8. The van der Waals surface area contributed by atoms with Gasteiger partial charge < -0.3 is 19.9 Å². The molecule has 0 aliphatic carbocycles. The molecule has 2 aromatic rings. The zero-order chi connectivity index (χ0) is 18.4. The van der Waals surface area contributed by atoms with Gasteiger partial charge in [-0.3, -0.25) is 9.59 Å². The van der Waals surface area contributed by atoms with Gasteiger partial charge in [0.1, 0.15) is 0 Å². The van der Waals surface area contributed by atoms with Crippen molar-refractivity contribution in [2.24, 2.45) is 0 Å². The molecular formula is C16H14ClNO6S. The van der Waals surface area contributed by atoms with Crippen LogP contribution in [0.15, 0.2) is 29.6 Å². The number of halogens is 1. The van der Waals surface area contributed by atoms with Crippen molar-refractivity contribution in [3.05, 3.63) is 39.5 Å². The van der Waals surface area contributed by atoms with Gasteiger partial charge in [0.2, 0.25) is 5.91 Å². The first-order valence-electron chi connectivity index (χ1n) is 7.05. The number of aliphatic carboxylic acids is 1. The number of thiophene rings is 1. The van der Waals surface area contributed by atoms with E-state index in [1.54, 1.807) is 17.5 Å². The molecule has 0 radical (unpaired) electrons. The van der Waals surface area contributed by atoms with Gasteiger partial charge in [0.05, 0.1) is 19.2 Å². The van der Waals surface area contributed by atoms with Crippen LogP contribution in [-0.2, 0) is 14.3 Å². The molecule has 0 aliphatic heterocycles. The second-order valence-electron chi connectivity index (χ2n) is 4.79. The molecule has 1 heterocycles. The summed E-state index contributed by atoms with van der Waals surface area (Å²) in [6.07, 6.45) is -0.479. The number of nitrogens with one attached hydrogen (secondary N) is 1. The third kappa shape index (κ3) is 5.20. The van der Waals surface area contributed by atoms with Gasteiger partial charge in [0.25, 0.3) is 0 Å². The number of esters is 1. The Morgan fingerprint density at radius 1 is 1.20 bits per heavy atom. The van der Waals surface area contributed by atoms with Crippen molar-refractivity contribution in [3.8, 4) is 11.5 Å². The standard InChI is InChI=1S/C16H14ClNO6S/c1-23-16(22)15-12(6-7-25-15)24-11-3-2-9(17)8-10(11)18-13(19)4-5-14(20)21/h2-3,6-8H,4-5H2,1H3,(H,18,19)(H,20,21). The molecule has 25 heavy (non-hydrogen) atoms. The Labute approximate surface area is 152 Å². The SMILES string of the molecule is COC(=O)c1sccc1Oc1ccc(Cl)cc1NC(=O)CCC(=O)O. The summed E-state index contributed by atoms with van der Waals surface area (Å²) in [4.78, 5) is 34.4. The number of carbonyl (C=O) groups is 3. The Hall–Kier alpha value is -2.58. The Morgan fingerprint density at radius 3 is 2.64 bits per heavy atom.